The zero-order valence-corrected chi connectivity index (χ0v) is 34.7. The summed E-state index contributed by atoms with van der Waals surface area (Å²) in [4.78, 5) is 51.2. The minimum atomic E-state index is -0.882. The molecule has 0 N–H and O–H groups in total. The molecule has 292 valence electrons. The van der Waals surface area contributed by atoms with Crippen molar-refractivity contribution in [2.24, 2.45) is 10.8 Å². The molecule has 2 spiro atoms. The molecule has 2 aliphatic heterocycles. The Hall–Kier alpha value is -3.62. The largest absolute Gasteiger partial charge is 0.447 e. The van der Waals surface area contributed by atoms with Gasteiger partial charge >= 0.3 is 23.9 Å². The minimum Gasteiger partial charge on any atom is -0.447 e. The van der Waals surface area contributed by atoms with Crippen molar-refractivity contribution in [1.82, 2.24) is 0 Å². The predicted octanol–water partition coefficient (Wildman–Crippen LogP) is 11.1. The lowest BCUT2D eigenvalue weighted by Gasteiger charge is -2.34. The Morgan fingerprint density at radius 3 is 1.74 bits per heavy atom. The molecule has 0 aromatic heterocycles. The molecule has 0 saturated heterocycles. The van der Waals surface area contributed by atoms with Gasteiger partial charge in [-0.3, -0.25) is 9.59 Å². The van der Waals surface area contributed by atoms with Crippen LogP contribution in [0.15, 0.2) is 41.9 Å². The quantitative estimate of drug-likeness (QED) is 0.202. The zero-order valence-electron chi connectivity index (χ0n) is 33.2. The summed E-state index contributed by atoms with van der Waals surface area (Å²) in [6.45, 7) is 17.6. The van der Waals surface area contributed by atoms with Gasteiger partial charge in [0.25, 0.3) is 0 Å². The number of ether oxygens (including phenoxy) is 4. The molecule has 8 nitrogen and oxygen atoms in total. The average molecular weight is 782 g/mol. The van der Waals surface area contributed by atoms with Gasteiger partial charge in [0.05, 0.1) is 16.9 Å². The highest BCUT2D eigenvalue weighted by atomic mass is 35.5. The van der Waals surface area contributed by atoms with Gasteiger partial charge < -0.3 is 18.9 Å². The van der Waals surface area contributed by atoms with Crippen LogP contribution in [0.1, 0.15) is 140 Å². The van der Waals surface area contributed by atoms with Gasteiger partial charge in [-0.2, -0.15) is 0 Å². The molecular formula is C44H54Cl2O8. The van der Waals surface area contributed by atoms with E-state index < -0.39 is 22.6 Å². The lowest BCUT2D eigenvalue weighted by molar-refractivity contribution is -0.160. The normalized spacial score (nSPS) is 19.2. The lowest BCUT2D eigenvalue weighted by Crippen LogP contribution is -2.38. The first-order valence-corrected chi connectivity index (χ1v) is 19.9. The van der Waals surface area contributed by atoms with E-state index in [0.717, 1.165) is 54.4 Å². The van der Waals surface area contributed by atoms with Crippen LogP contribution in [0, 0.1) is 31.6 Å². The second kappa shape index (κ2) is 15.9. The van der Waals surface area contributed by atoms with Gasteiger partial charge in [0.1, 0.15) is 11.1 Å². The van der Waals surface area contributed by atoms with E-state index in [0.29, 0.717) is 71.2 Å². The molecule has 2 saturated carbocycles. The minimum absolute atomic E-state index is 0.181. The molecule has 2 fully saturated rings. The van der Waals surface area contributed by atoms with Crippen LogP contribution in [0.4, 0.5) is 0 Å². The molecule has 4 aliphatic rings. The van der Waals surface area contributed by atoms with Crippen molar-refractivity contribution in [2.45, 2.75) is 144 Å². The number of hydrogen-bond donors (Lipinski definition) is 0. The van der Waals surface area contributed by atoms with E-state index in [2.05, 4.69) is 12.1 Å². The SMILES string of the molecule is CCC(C)(C)C(=O)OC1=C(c2ccc(Cl)cc2Cl)C(=O)OC12CCCCC2.Cc1cc(C)c(C2=C(OC(=O)CC(C)(C)C)C3(CCCC3)OC2=O)c(C)c1. The average Bonchev–Trinajstić information content (AvgIpc) is 3.71. The third kappa shape index (κ3) is 8.60. The maximum Gasteiger partial charge on any atom is 0.343 e. The molecule has 2 aliphatic carbocycles. The summed E-state index contributed by atoms with van der Waals surface area (Å²) >= 11 is 12.4. The van der Waals surface area contributed by atoms with E-state index in [4.69, 9.17) is 42.1 Å². The summed E-state index contributed by atoms with van der Waals surface area (Å²) in [6, 6.07) is 9.00. The van der Waals surface area contributed by atoms with Crippen LogP contribution in [0.3, 0.4) is 0 Å². The fraction of sp³-hybridized carbons (Fsp3) is 0.545. The van der Waals surface area contributed by atoms with Crippen molar-refractivity contribution in [1.29, 1.82) is 0 Å². The van der Waals surface area contributed by atoms with Crippen molar-refractivity contribution in [2.75, 3.05) is 0 Å². The molecule has 0 unspecified atom stereocenters. The van der Waals surface area contributed by atoms with Gasteiger partial charge in [-0.15, -0.1) is 0 Å². The Kier molecular flexibility index (Phi) is 12.2. The van der Waals surface area contributed by atoms with Crippen LogP contribution in [-0.4, -0.2) is 35.1 Å². The molecule has 2 aromatic rings. The second-order valence-electron chi connectivity index (χ2n) is 17.2. The van der Waals surface area contributed by atoms with Gasteiger partial charge in [0.2, 0.25) is 0 Å². The topological polar surface area (TPSA) is 105 Å². The highest BCUT2D eigenvalue weighted by Gasteiger charge is 2.54. The van der Waals surface area contributed by atoms with Crippen LogP contribution in [0.25, 0.3) is 11.1 Å². The molecule has 10 heteroatoms. The molecule has 0 amide bonds. The first-order chi connectivity index (χ1) is 25.2. The van der Waals surface area contributed by atoms with Gasteiger partial charge in [0.15, 0.2) is 22.7 Å². The number of carbonyl (C=O) groups excluding carboxylic acids is 4. The van der Waals surface area contributed by atoms with Gasteiger partial charge in [-0.05, 0) is 127 Å². The standard InChI is InChI=1S/C23H30O4.C21H24Cl2O4/c1-14-11-15(2)18(16(3)12-14)19-20(26-17(24)13-22(4,5)6)23(27-21(19)25)9-7-8-10-23;1-4-20(2,3)19(25)26-17-16(14-9-8-13(22)12-15(14)23)18(24)27-21(17)10-6-5-7-11-21/h11-12H,7-10,13H2,1-6H3;8-9,12H,4-7,10-11H2,1-3H3. The second-order valence-corrected chi connectivity index (χ2v) is 18.0. The highest BCUT2D eigenvalue weighted by Crippen LogP contribution is 2.50. The van der Waals surface area contributed by atoms with Crippen LogP contribution in [0.2, 0.25) is 10.0 Å². The van der Waals surface area contributed by atoms with Crippen molar-refractivity contribution in [3.8, 4) is 0 Å². The Bertz CT molecular complexity index is 1880. The highest BCUT2D eigenvalue weighted by molar-refractivity contribution is 6.37. The van der Waals surface area contributed by atoms with Crippen molar-refractivity contribution < 1.29 is 38.1 Å². The molecule has 6 rings (SSSR count). The summed E-state index contributed by atoms with van der Waals surface area (Å²) in [6.07, 6.45) is 8.44. The van der Waals surface area contributed by atoms with Gasteiger partial charge in [-0.25, -0.2) is 9.59 Å². The number of aryl methyl sites for hydroxylation is 3. The predicted molar refractivity (Wildman–Crippen MR) is 210 cm³/mol. The third-order valence-electron chi connectivity index (χ3n) is 11.0. The lowest BCUT2D eigenvalue weighted by atomic mass is 9.82. The Balaban J connectivity index is 0.000000208. The van der Waals surface area contributed by atoms with E-state index in [-0.39, 0.29) is 28.9 Å². The fourth-order valence-electron chi connectivity index (χ4n) is 7.88. The summed E-state index contributed by atoms with van der Waals surface area (Å²) in [7, 11) is 0. The molecule has 0 bridgehead atoms. The van der Waals surface area contributed by atoms with Crippen molar-refractivity contribution in [3.63, 3.8) is 0 Å². The number of hydrogen-bond acceptors (Lipinski definition) is 8. The van der Waals surface area contributed by atoms with Crippen molar-refractivity contribution in [3.05, 3.63) is 79.7 Å². The summed E-state index contributed by atoms with van der Waals surface area (Å²) in [5.41, 5.74) is 2.63. The number of carbonyl (C=O) groups is 4. The van der Waals surface area contributed by atoms with E-state index in [1.807, 2.05) is 62.3 Å². The third-order valence-corrected chi connectivity index (χ3v) is 11.5. The molecule has 0 atom stereocenters. The Morgan fingerprint density at radius 1 is 0.741 bits per heavy atom. The first-order valence-electron chi connectivity index (χ1n) is 19.2. The van der Waals surface area contributed by atoms with Crippen LogP contribution >= 0.6 is 23.2 Å². The van der Waals surface area contributed by atoms with E-state index in [9.17, 15) is 19.2 Å². The van der Waals surface area contributed by atoms with E-state index >= 15 is 0 Å². The monoisotopic (exact) mass is 780 g/mol. The number of halogens is 2. The molecule has 0 radical (unpaired) electrons. The van der Waals surface area contributed by atoms with E-state index in [1.54, 1.807) is 18.2 Å². The number of benzene rings is 2. The molecule has 2 aromatic carbocycles. The summed E-state index contributed by atoms with van der Waals surface area (Å²) in [5, 5.41) is 0.791. The van der Waals surface area contributed by atoms with Gasteiger partial charge in [0, 0.05) is 10.6 Å². The molecule has 54 heavy (non-hydrogen) atoms. The van der Waals surface area contributed by atoms with E-state index in [1.165, 1.54) is 0 Å². The van der Waals surface area contributed by atoms with Crippen LogP contribution < -0.4 is 0 Å². The molecular weight excluding hydrogens is 727 g/mol. The van der Waals surface area contributed by atoms with Crippen LogP contribution in [-0.2, 0) is 38.1 Å². The maximum atomic E-state index is 12.9. The van der Waals surface area contributed by atoms with Crippen LogP contribution in [0.5, 0.6) is 0 Å². The number of rotatable bonds is 7. The zero-order chi connectivity index (χ0) is 39.8. The summed E-state index contributed by atoms with van der Waals surface area (Å²) in [5.74, 6) is -0.797. The maximum absolute atomic E-state index is 12.9. The number of esters is 4. The Morgan fingerprint density at radius 2 is 1.24 bits per heavy atom. The first kappa shape index (κ1) is 41.5. The summed E-state index contributed by atoms with van der Waals surface area (Å²) < 4.78 is 23.5. The Labute approximate surface area is 329 Å². The van der Waals surface area contributed by atoms with Crippen molar-refractivity contribution >= 4 is 58.2 Å². The molecule has 2 heterocycles. The fourth-order valence-corrected chi connectivity index (χ4v) is 8.38. The smallest absolute Gasteiger partial charge is 0.343 e. The van der Waals surface area contributed by atoms with Gasteiger partial charge in [-0.1, -0.05) is 81.1 Å².